The Morgan fingerprint density at radius 3 is 2.88 bits per heavy atom. The number of hydrogen-bond acceptors (Lipinski definition) is 2. The zero-order chi connectivity index (χ0) is 12.0. The molecule has 2 heterocycles. The van der Waals surface area contributed by atoms with E-state index in [0.717, 1.165) is 11.8 Å². The van der Waals surface area contributed by atoms with E-state index < -0.39 is 0 Å². The molecular formula is C14H23N3. The van der Waals surface area contributed by atoms with Gasteiger partial charge in [0.1, 0.15) is 0 Å². The molecule has 3 rings (SSSR count). The van der Waals surface area contributed by atoms with Gasteiger partial charge in [0.25, 0.3) is 0 Å². The van der Waals surface area contributed by atoms with Crippen LogP contribution in [0.5, 0.6) is 0 Å². The number of rotatable bonds is 1. The Bertz CT molecular complexity index is 408. The van der Waals surface area contributed by atoms with Crippen molar-refractivity contribution in [3.05, 3.63) is 17.0 Å². The molecule has 0 bridgehead atoms. The maximum Gasteiger partial charge on any atom is 0.0682 e. The second kappa shape index (κ2) is 4.13. The lowest BCUT2D eigenvalue weighted by Gasteiger charge is -2.39. The Kier molecular flexibility index (Phi) is 2.74. The van der Waals surface area contributed by atoms with Crippen LogP contribution in [0.15, 0.2) is 0 Å². The van der Waals surface area contributed by atoms with Gasteiger partial charge in [0.2, 0.25) is 0 Å². The van der Waals surface area contributed by atoms with Crippen molar-refractivity contribution >= 4 is 0 Å². The van der Waals surface area contributed by atoms with E-state index in [-0.39, 0.29) is 0 Å². The molecule has 17 heavy (non-hydrogen) atoms. The molecule has 1 aromatic rings. The summed E-state index contributed by atoms with van der Waals surface area (Å²) in [6.45, 7) is 7.03. The molecule has 0 radical (unpaired) electrons. The van der Waals surface area contributed by atoms with Gasteiger partial charge in [-0.05, 0) is 56.2 Å². The third-order valence-electron chi connectivity index (χ3n) is 4.56. The van der Waals surface area contributed by atoms with Crippen LogP contribution in [0.4, 0.5) is 0 Å². The average molecular weight is 233 g/mol. The largest absolute Gasteiger partial charge is 0.306 e. The normalized spacial score (nSPS) is 29.2. The van der Waals surface area contributed by atoms with E-state index >= 15 is 0 Å². The third-order valence-corrected chi connectivity index (χ3v) is 4.56. The van der Waals surface area contributed by atoms with Crippen molar-refractivity contribution < 1.29 is 0 Å². The van der Waals surface area contributed by atoms with Gasteiger partial charge >= 0.3 is 0 Å². The molecule has 1 aromatic heterocycles. The fourth-order valence-corrected chi connectivity index (χ4v) is 3.58. The topological polar surface area (TPSA) is 31.9 Å². The first-order chi connectivity index (χ1) is 8.15. The van der Waals surface area contributed by atoms with Crippen LogP contribution < -0.4 is 0 Å². The first-order valence-corrected chi connectivity index (χ1v) is 6.89. The maximum absolute atomic E-state index is 4.54. The van der Waals surface area contributed by atoms with Crippen LogP contribution in [0.2, 0.25) is 0 Å². The van der Waals surface area contributed by atoms with Crippen LogP contribution in [-0.2, 0) is 12.8 Å². The number of fused-ring (bicyclic) bond motifs is 2. The minimum Gasteiger partial charge on any atom is -0.306 e. The van der Waals surface area contributed by atoms with Gasteiger partial charge in [-0.1, -0.05) is 13.8 Å². The Hall–Kier alpha value is -0.830. The molecule has 0 amide bonds. The number of likely N-dealkylation sites (tertiary alicyclic amines) is 1. The Morgan fingerprint density at radius 1 is 1.29 bits per heavy atom. The first kappa shape index (κ1) is 11.3. The molecule has 1 fully saturated rings. The number of aromatic amines is 1. The zero-order valence-electron chi connectivity index (χ0n) is 11.2. The van der Waals surface area contributed by atoms with Crippen LogP contribution in [0.3, 0.4) is 0 Å². The molecule has 0 unspecified atom stereocenters. The first-order valence-electron chi connectivity index (χ1n) is 6.89. The van der Waals surface area contributed by atoms with Gasteiger partial charge in [-0.25, -0.2) is 0 Å². The highest BCUT2D eigenvalue weighted by molar-refractivity contribution is 5.31. The molecule has 1 N–H and O–H groups in total. The summed E-state index contributed by atoms with van der Waals surface area (Å²) in [7, 11) is 2.25. The minimum absolute atomic E-state index is 0.549. The van der Waals surface area contributed by atoms with Crippen LogP contribution in [0, 0.1) is 11.8 Å². The third kappa shape index (κ3) is 1.90. The molecular weight excluding hydrogens is 210 g/mol. The number of nitrogens with zero attached hydrogens (tertiary/aromatic N) is 2. The summed E-state index contributed by atoms with van der Waals surface area (Å²) < 4.78 is 0. The van der Waals surface area contributed by atoms with E-state index in [2.05, 4.69) is 36.0 Å². The number of piperidine rings is 1. The van der Waals surface area contributed by atoms with Gasteiger partial charge in [0.05, 0.1) is 5.69 Å². The standard InChI is InChI=1S/C14H23N3/c1-9(2)14-12-6-11-8-17(3)5-4-10(11)7-13(12)15-16-14/h9-11H,4-8H2,1-3H3,(H,15,16)/t10-,11-/m0/s1. The van der Waals surface area contributed by atoms with E-state index in [0.29, 0.717) is 5.92 Å². The molecule has 1 aliphatic carbocycles. The lowest BCUT2D eigenvalue weighted by molar-refractivity contribution is 0.133. The van der Waals surface area contributed by atoms with Crippen LogP contribution >= 0.6 is 0 Å². The summed E-state index contributed by atoms with van der Waals surface area (Å²) in [6, 6.07) is 0. The SMILES string of the molecule is CC(C)c1n[nH]c2c1C[C@H]1CN(C)CC[C@H]1C2. The highest BCUT2D eigenvalue weighted by atomic mass is 15.1. The average Bonchev–Trinajstić information content (AvgIpc) is 2.68. The molecule has 3 heteroatoms. The van der Waals surface area contributed by atoms with Crippen LogP contribution in [-0.4, -0.2) is 35.2 Å². The van der Waals surface area contributed by atoms with Gasteiger partial charge in [0, 0.05) is 12.2 Å². The van der Waals surface area contributed by atoms with Gasteiger partial charge in [0.15, 0.2) is 0 Å². The zero-order valence-corrected chi connectivity index (χ0v) is 11.2. The van der Waals surface area contributed by atoms with Gasteiger partial charge in [-0.2, -0.15) is 5.10 Å². The summed E-state index contributed by atoms with van der Waals surface area (Å²) in [5.41, 5.74) is 4.28. The molecule has 0 spiro atoms. The highest BCUT2D eigenvalue weighted by Crippen LogP contribution is 2.37. The maximum atomic E-state index is 4.54. The molecule has 0 saturated carbocycles. The monoisotopic (exact) mass is 233 g/mol. The Morgan fingerprint density at radius 2 is 2.12 bits per heavy atom. The summed E-state index contributed by atoms with van der Waals surface area (Å²) in [6.07, 6.45) is 3.83. The van der Waals surface area contributed by atoms with Crippen molar-refractivity contribution in [2.24, 2.45) is 11.8 Å². The molecule has 1 aliphatic heterocycles. The van der Waals surface area contributed by atoms with E-state index in [9.17, 15) is 0 Å². The predicted molar refractivity (Wildman–Crippen MR) is 69.2 cm³/mol. The van der Waals surface area contributed by atoms with E-state index in [4.69, 9.17) is 0 Å². The fourth-order valence-electron chi connectivity index (χ4n) is 3.58. The van der Waals surface area contributed by atoms with Crippen molar-refractivity contribution in [2.75, 3.05) is 20.1 Å². The number of hydrogen-bond donors (Lipinski definition) is 1. The fraction of sp³-hybridized carbons (Fsp3) is 0.786. The summed E-state index contributed by atoms with van der Waals surface area (Å²) >= 11 is 0. The predicted octanol–water partition coefficient (Wildman–Crippen LogP) is 2.20. The second-order valence-corrected chi connectivity index (χ2v) is 6.20. The second-order valence-electron chi connectivity index (χ2n) is 6.20. The van der Waals surface area contributed by atoms with Crippen LogP contribution in [0.25, 0.3) is 0 Å². The van der Waals surface area contributed by atoms with Crippen molar-refractivity contribution in [1.29, 1.82) is 0 Å². The van der Waals surface area contributed by atoms with E-state index in [1.165, 1.54) is 49.3 Å². The summed E-state index contributed by atoms with van der Waals surface area (Å²) in [5.74, 6) is 2.29. The highest BCUT2D eigenvalue weighted by Gasteiger charge is 2.34. The quantitative estimate of drug-likeness (QED) is 0.806. The Labute approximate surface area is 104 Å². The van der Waals surface area contributed by atoms with Crippen molar-refractivity contribution in [3.63, 3.8) is 0 Å². The van der Waals surface area contributed by atoms with Gasteiger partial charge in [-0.15, -0.1) is 0 Å². The molecule has 2 atom stereocenters. The van der Waals surface area contributed by atoms with Gasteiger partial charge in [-0.3, -0.25) is 5.10 Å². The molecule has 0 aromatic carbocycles. The van der Waals surface area contributed by atoms with Gasteiger partial charge < -0.3 is 4.90 Å². The lowest BCUT2D eigenvalue weighted by atomic mass is 9.73. The number of aromatic nitrogens is 2. The van der Waals surface area contributed by atoms with Crippen molar-refractivity contribution in [1.82, 2.24) is 15.1 Å². The molecule has 3 nitrogen and oxygen atoms in total. The van der Waals surface area contributed by atoms with E-state index in [1.807, 2.05) is 0 Å². The lowest BCUT2D eigenvalue weighted by Crippen LogP contribution is -2.42. The van der Waals surface area contributed by atoms with Crippen molar-refractivity contribution in [3.8, 4) is 0 Å². The molecule has 1 saturated heterocycles. The van der Waals surface area contributed by atoms with Crippen LogP contribution in [0.1, 0.15) is 43.1 Å². The molecule has 2 aliphatic rings. The smallest absolute Gasteiger partial charge is 0.0682 e. The summed E-state index contributed by atoms with van der Waals surface area (Å²) in [5, 5.41) is 7.82. The number of nitrogens with one attached hydrogen (secondary N) is 1. The minimum atomic E-state index is 0.549. The van der Waals surface area contributed by atoms with Crippen molar-refractivity contribution in [2.45, 2.75) is 39.0 Å². The Balaban J connectivity index is 1.88. The number of H-pyrrole nitrogens is 1. The molecule has 94 valence electrons. The van der Waals surface area contributed by atoms with E-state index in [1.54, 1.807) is 0 Å². The summed E-state index contributed by atoms with van der Waals surface area (Å²) in [4.78, 5) is 2.49.